The number of amides is 1. The van der Waals surface area contributed by atoms with Crippen LogP contribution in [0.25, 0.3) is 0 Å². The predicted octanol–water partition coefficient (Wildman–Crippen LogP) is 4.21. The van der Waals surface area contributed by atoms with E-state index in [1.165, 1.54) is 0 Å². The molecule has 0 aliphatic carbocycles. The highest BCUT2D eigenvalue weighted by Crippen LogP contribution is 2.19. The smallest absolute Gasteiger partial charge is 0.310 e. The number of ether oxygens (including phenoxy) is 2. The number of nitrogens with one attached hydrogen (secondary N) is 1. The molecular formula is C24H26N2O5. The van der Waals surface area contributed by atoms with Gasteiger partial charge in [-0.2, -0.15) is 0 Å². The number of hydrogen-bond donors (Lipinski definition) is 1. The lowest BCUT2D eigenvalue weighted by atomic mass is 10.1. The molecule has 0 bridgehead atoms. The van der Waals surface area contributed by atoms with Gasteiger partial charge in [0.25, 0.3) is 5.91 Å². The molecule has 0 spiro atoms. The first-order chi connectivity index (χ1) is 14.8. The van der Waals surface area contributed by atoms with Crippen LogP contribution in [0.1, 0.15) is 33.7 Å². The van der Waals surface area contributed by atoms with Crippen LogP contribution < -0.4 is 10.1 Å². The summed E-state index contributed by atoms with van der Waals surface area (Å²) in [4.78, 5) is 24.2. The quantitative estimate of drug-likeness (QED) is 0.547. The zero-order chi connectivity index (χ0) is 22.4. The van der Waals surface area contributed by atoms with E-state index >= 15 is 0 Å². The highest BCUT2D eigenvalue weighted by Gasteiger charge is 2.12. The summed E-state index contributed by atoms with van der Waals surface area (Å²) in [5.41, 5.74) is 5.27. The number of benzene rings is 2. The van der Waals surface area contributed by atoms with E-state index < -0.39 is 5.97 Å². The lowest BCUT2D eigenvalue weighted by Crippen LogP contribution is -2.22. The fourth-order valence-electron chi connectivity index (χ4n) is 3.00. The minimum absolute atomic E-state index is 0.0703. The summed E-state index contributed by atoms with van der Waals surface area (Å²) in [6.45, 7) is 7.64. The van der Waals surface area contributed by atoms with Crippen LogP contribution >= 0.6 is 0 Å². The van der Waals surface area contributed by atoms with E-state index in [2.05, 4.69) is 10.5 Å². The number of hydrogen-bond acceptors (Lipinski definition) is 6. The maximum absolute atomic E-state index is 12.1. The molecule has 0 unspecified atom stereocenters. The summed E-state index contributed by atoms with van der Waals surface area (Å²) in [5, 5.41) is 6.67. The Kier molecular flexibility index (Phi) is 7.07. The minimum atomic E-state index is -0.472. The Hall–Kier alpha value is -3.61. The van der Waals surface area contributed by atoms with Gasteiger partial charge < -0.3 is 19.3 Å². The van der Waals surface area contributed by atoms with E-state index in [0.29, 0.717) is 18.0 Å². The minimum Gasteiger partial charge on any atom is -0.489 e. The Balaban J connectivity index is 1.45. The molecule has 3 rings (SSSR count). The molecule has 0 atom stereocenters. The van der Waals surface area contributed by atoms with E-state index in [0.717, 1.165) is 33.7 Å². The van der Waals surface area contributed by atoms with Crippen LogP contribution in [-0.2, 0) is 27.4 Å². The van der Waals surface area contributed by atoms with Crippen molar-refractivity contribution in [2.24, 2.45) is 0 Å². The van der Waals surface area contributed by atoms with Crippen molar-refractivity contribution in [2.45, 2.75) is 40.7 Å². The topological polar surface area (TPSA) is 90.7 Å². The van der Waals surface area contributed by atoms with Gasteiger partial charge in [-0.25, -0.2) is 0 Å². The van der Waals surface area contributed by atoms with Crippen LogP contribution in [0.3, 0.4) is 0 Å². The molecule has 0 fully saturated rings. The summed E-state index contributed by atoms with van der Waals surface area (Å²) < 4.78 is 16.0. The fraction of sp³-hybridized carbons (Fsp3) is 0.292. The molecule has 1 aromatic heterocycles. The van der Waals surface area contributed by atoms with Crippen molar-refractivity contribution in [3.63, 3.8) is 0 Å². The van der Waals surface area contributed by atoms with E-state index in [1.807, 2.05) is 45.9 Å². The van der Waals surface area contributed by atoms with Crippen molar-refractivity contribution in [3.05, 3.63) is 76.2 Å². The monoisotopic (exact) mass is 422 g/mol. The van der Waals surface area contributed by atoms with E-state index in [-0.39, 0.29) is 18.9 Å². The average molecular weight is 422 g/mol. The molecule has 7 nitrogen and oxygen atoms in total. The predicted molar refractivity (Wildman–Crippen MR) is 116 cm³/mol. The molecule has 2 aromatic carbocycles. The Morgan fingerprint density at radius 2 is 1.77 bits per heavy atom. The van der Waals surface area contributed by atoms with Crippen molar-refractivity contribution in [1.82, 2.24) is 5.16 Å². The number of esters is 1. The van der Waals surface area contributed by atoms with Gasteiger partial charge in [0.1, 0.15) is 18.1 Å². The molecule has 7 heteroatoms. The van der Waals surface area contributed by atoms with Crippen molar-refractivity contribution < 1.29 is 23.6 Å². The van der Waals surface area contributed by atoms with Crippen LogP contribution in [0.2, 0.25) is 0 Å². The number of carbonyl (C=O) groups is 2. The average Bonchev–Trinajstić information content (AvgIpc) is 3.07. The number of rotatable bonds is 8. The number of aromatic nitrogens is 1. The van der Waals surface area contributed by atoms with Gasteiger partial charge in [0, 0.05) is 5.69 Å². The van der Waals surface area contributed by atoms with Gasteiger partial charge in [0.05, 0.1) is 17.7 Å². The van der Waals surface area contributed by atoms with Crippen LogP contribution in [-0.4, -0.2) is 23.6 Å². The van der Waals surface area contributed by atoms with Gasteiger partial charge in [-0.05, 0) is 62.6 Å². The van der Waals surface area contributed by atoms with Crippen LogP contribution in [0.15, 0.2) is 47.0 Å². The zero-order valence-electron chi connectivity index (χ0n) is 18.2. The van der Waals surface area contributed by atoms with E-state index in [1.54, 1.807) is 24.3 Å². The lowest BCUT2D eigenvalue weighted by molar-refractivity contribution is -0.146. The summed E-state index contributed by atoms with van der Waals surface area (Å²) in [6.07, 6.45) is 0.0703. The van der Waals surface area contributed by atoms with E-state index in [9.17, 15) is 9.59 Å². The SMILES string of the molecule is Cc1cccc(NC(=O)COC(=O)Cc2ccc(OCc3c(C)noc3C)cc2)c1C. The first kappa shape index (κ1) is 22.1. The Bertz CT molecular complexity index is 1050. The number of anilines is 1. The van der Waals surface area contributed by atoms with E-state index in [4.69, 9.17) is 14.0 Å². The van der Waals surface area contributed by atoms with Crippen molar-refractivity contribution in [2.75, 3.05) is 11.9 Å². The third-order valence-corrected chi connectivity index (χ3v) is 5.08. The molecule has 31 heavy (non-hydrogen) atoms. The standard InChI is InChI=1S/C24H26N2O5/c1-15-6-5-7-22(16(15)2)25-23(27)14-30-24(28)12-19-8-10-20(11-9-19)29-13-21-17(3)26-31-18(21)4/h5-11H,12-14H2,1-4H3,(H,25,27). The molecule has 0 saturated heterocycles. The summed E-state index contributed by atoms with van der Waals surface area (Å²) in [7, 11) is 0. The van der Waals surface area contributed by atoms with Gasteiger partial charge >= 0.3 is 5.97 Å². The van der Waals surface area contributed by atoms with Crippen LogP contribution in [0, 0.1) is 27.7 Å². The van der Waals surface area contributed by atoms with Gasteiger partial charge in [-0.15, -0.1) is 0 Å². The molecule has 162 valence electrons. The van der Waals surface area contributed by atoms with Crippen molar-refractivity contribution >= 4 is 17.6 Å². The molecule has 0 radical (unpaired) electrons. The Morgan fingerprint density at radius 3 is 2.45 bits per heavy atom. The van der Waals surface area contributed by atoms with Gasteiger partial charge in [-0.1, -0.05) is 29.4 Å². The third-order valence-electron chi connectivity index (χ3n) is 5.08. The van der Waals surface area contributed by atoms with Crippen LogP contribution in [0.5, 0.6) is 5.75 Å². The molecular weight excluding hydrogens is 396 g/mol. The molecule has 0 aliphatic rings. The number of aryl methyl sites for hydroxylation is 3. The second-order valence-electron chi connectivity index (χ2n) is 7.37. The molecule has 1 N–H and O–H groups in total. The van der Waals surface area contributed by atoms with Crippen molar-refractivity contribution in [1.29, 1.82) is 0 Å². The van der Waals surface area contributed by atoms with Gasteiger partial charge in [-0.3, -0.25) is 9.59 Å². The summed E-state index contributed by atoms with van der Waals surface area (Å²) in [6, 6.07) is 12.8. The maximum Gasteiger partial charge on any atom is 0.310 e. The maximum atomic E-state index is 12.1. The Morgan fingerprint density at radius 1 is 1.03 bits per heavy atom. The van der Waals surface area contributed by atoms with Gasteiger partial charge in [0.15, 0.2) is 6.61 Å². The first-order valence-electron chi connectivity index (χ1n) is 9.98. The second-order valence-corrected chi connectivity index (χ2v) is 7.37. The molecule has 0 saturated carbocycles. The highest BCUT2D eigenvalue weighted by atomic mass is 16.5. The second kappa shape index (κ2) is 9.93. The molecule has 3 aromatic rings. The number of carbonyl (C=O) groups excluding carboxylic acids is 2. The van der Waals surface area contributed by atoms with Crippen LogP contribution in [0.4, 0.5) is 5.69 Å². The highest BCUT2D eigenvalue weighted by molar-refractivity contribution is 5.93. The van der Waals surface area contributed by atoms with Gasteiger partial charge in [0.2, 0.25) is 0 Å². The number of nitrogens with zero attached hydrogens (tertiary/aromatic N) is 1. The zero-order valence-corrected chi connectivity index (χ0v) is 18.2. The normalized spacial score (nSPS) is 10.6. The fourth-order valence-corrected chi connectivity index (χ4v) is 3.00. The van der Waals surface area contributed by atoms with Crippen molar-refractivity contribution in [3.8, 4) is 5.75 Å². The molecule has 1 amide bonds. The largest absolute Gasteiger partial charge is 0.489 e. The summed E-state index contributed by atoms with van der Waals surface area (Å²) >= 11 is 0. The third kappa shape index (κ3) is 5.94. The Labute approximate surface area is 181 Å². The lowest BCUT2D eigenvalue weighted by Gasteiger charge is -2.11. The molecule has 0 aliphatic heterocycles. The summed E-state index contributed by atoms with van der Waals surface area (Å²) in [5.74, 6) is 0.564. The first-order valence-corrected chi connectivity index (χ1v) is 9.98. The molecule has 1 heterocycles.